The molecule has 26 heavy (non-hydrogen) atoms. The average molecular weight is 428 g/mol. The first-order valence-corrected chi connectivity index (χ1v) is 9.38. The molecular weight excluding hydrogens is 414 g/mol. The molecule has 8 heteroatoms. The Morgan fingerprint density at radius 3 is 2.69 bits per heavy atom. The fraction of sp³-hybridized carbons (Fsp3) is 0.0556. The molecular formula is C18H14BrN5OS. The molecule has 2 heterocycles. The van der Waals surface area contributed by atoms with E-state index >= 15 is 0 Å². The number of ether oxygens (including phenoxy) is 1. The monoisotopic (exact) mass is 427 g/mol. The molecule has 0 amide bonds. The van der Waals surface area contributed by atoms with Crippen molar-refractivity contribution in [3.63, 3.8) is 0 Å². The molecule has 4 rings (SSSR count). The Hall–Kier alpha value is -2.71. The second kappa shape index (κ2) is 6.89. The van der Waals surface area contributed by atoms with E-state index in [0.29, 0.717) is 28.3 Å². The van der Waals surface area contributed by atoms with Crippen molar-refractivity contribution in [1.82, 2.24) is 15.0 Å². The van der Waals surface area contributed by atoms with Crippen LogP contribution in [0.5, 0.6) is 11.6 Å². The van der Waals surface area contributed by atoms with E-state index in [2.05, 4.69) is 36.2 Å². The molecule has 0 spiro atoms. The number of nitrogens with one attached hydrogen (secondary N) is 1. The molecule has 0 radical (unpaired) electrons. The van der Waals surface area contributed by atoms with E-state index in [4.69, 9.17) is 10.5 Å². The van der Waals surface area contributed by atoms with Crippen molar-refractivity contribution in [3.05, 3.63) is 58.8 Å². The number of para-hydroxylation sites is 1. The molecule has 0 saturated heterocycles. The smallest absolute Gasteiger partial charge is 0.248 e. The first-order chi connectivity index (χ1) is 12.6. The van der Waals surface area contributed by atoms with Gasteiger partial charge < -0.3 is 15.8 Å². The molecule has 4 aromatic rings. The summed E-state index contributed by atoms with van der Waals surface area (Å²) in [6, 6.07) is 13.5. The molecule has 6 nitrogen and oxygen atoms in total. The van der Waals surface area contributed by atoms with Gasteiger partial charge in [0.25, 0.3) is 0 Å². The maximum atomic E-state index is 6.19. The van der Waals surface area contributed by atoms with Crippen molar-refractivity contribution in [2.75, 3.05) is 11.1 Å². The number of fused-ring (bicyclic) bond motifs is 1. The number of rotatable bonds is 4. The van der Waals surface area contributed by atoms with Crippen LogP contribution in [-0.2, 0) is 0 Å². The summed E-state index contributed by atoms with van der Waals surface area (Å²) < 4.78 is 7.84. The van der Waals surface area contributed by atoms with Gasteiger partial charge in [-0.25, -0.2) is 9.97 Å². The fourth-order valence-electron chi connectivity index (χ4n) is 2.42. The van der Waals surface area contributed by atoms with Crippen molar-refractivity contribution in [3.8, 4) is 11.6 Å². The van der Waals surface area contributed by atoms with Gasteiger partial charge in [-0.3, -0.25) is 0 Å². The minimum absolute atomic E-state index is 0.294. The van der Waals surface area contributed by atoms with Gasteiger partial charge >= 0.3 is 0 Å². The van der Waals surface area contributed by atoms with Crippen LogP contribution in [0.3, 0.4) is 0 Å². The van der Waals surface area contributed by atoms with E-state index in [0.717, 1.165) is 20.3 Å². The lowest BCUT2D eigenvalue weighted by Gasteiger charge is -2.10. The van der Waals surface area contributed by atoms with Crippen molar-refractivity contribution in [2.45, 2.75) is 6.92 Å². The summed E-state index contributed by atoms with van der Waals surface area (Å²) in [5, 5.41) is 3.88. The highest BCUT2D eigenvalue weighted by molar-refractivity contribution is 9.10. The largest absolute Gasteiger partial charge is 0.437 e. The van der Waals surface area contributed by atoms with Crippen molar-refractivity contribution in [1.29, 1.82) is 0 Å². The van der Waals surface area contributed by atoms with Crippen LogP contribution in [0.4, 0.5) is 16.6 Å². The van der Waals surface area contributed by atoms with Gasteiger partial charge in [0, 0.05) is 4.47 Å². The van der Waals surface area contributed by atoms with Crippen LogP contribution in [0.15, 0.2) is 53.3 Å². The maximum Gasteiger partial charge on any atom is 0.248 e. The Balaban J connectivity index is 1.62. The van der Waals surface area contributed by atoms with Gasteiger partial charge in [-0.05, 0) is 42.8 Å². The van der Waals surface area contributed by atoms with Crippen molar-refractivity contribution >= 4 is 54.1 Å². The van der Waals surface area contributed by atoms with E-state index in [1.165, 1.54) is 6.33 Å². The highest BCUT2D eigenvalue weighted by atomic mass is 79.9. The zero-order valence-corrected chi connectivity index (χ0v) is 16.1. The van der Waals surface area contributed by atoms with E-state index in [1.54, 1.807) is 11.3 Å². The zero-order chi connectivity index (χ0) is 18.1. The van der Waals surface area contributed by atoms with Crippen LogP contribution < -0.4 is 15.8 Å². The van der Waals surface area contributed by atoms with Crippen LogP contribution in [0.2, 0.25) is 0 Å². The molecule has 2 aromatic heterocycles. The molecule has 0 saturated carbocycles. The number of nitrogens with two attached hydrogens (primary N) is 1. The van der Waals surface area contributed by atoms with Gasteiger partial charge in [0.05, 0.1) is 10.2 Å². The summed E-state index contributed by atoms with van der Waals surface area (Å²) in [5.41, 5.74) is 8.61. The van der Waals surface area contributed by atoms with Gasteiger partial charge in [-0.15, -0.1) is 0 Å². The van der Waals surface area contributed by atoms with Crippen LogP contribution in [0.25, 0.3) is 10.2 Å². The standard InChI is InChI=1S/C18H14BrN5OS/c1-10-3-2-4-13-15(10)23-18(26-13)24-16-14(20)17(22-9-21-16)25-12-7-5-11(19)6-8-12/h2-9H,20H2,1H3,(H,21,22,23,24). The van der Waals surface area contributed by atoms with Crippen LogP contribution in [-0.4, -0.2) is 15.0 Å². The Bertz CT molecular complexity index is 1080. The van der Waals surface area contributed by atoms with E-state index in [-0.39, 0.29) is 0 Å². The Morgan fingerprint density at radius 1 is 1.12 bits per heavy atom. The number of thiazole rings is 1. The third-order valence-corrected chi connectivity index (χ3v) is 5.19. The van der Waals surface area contributed by atoms with Gasteiger partial charge in [-0.2, -0.15) is 4.98 Å². The topological polar surface area (TPSA) is 86.0 Å². The van der Waals surface area contributed by atoms with Gasteiger partial charge in [0.15, 0.2) is 10.9 Å². The number of aromatic nitrogens is 3. The van der Waals surface area contributed by atoms with Gasteiger partial charge in [0.1, 0.15) is 17.8 Å². The molecule has 0 bridgehead atoms. The normalized spacial score (nSPS) is 10.8. The summed E-state index contributed by atoms with van der Waals surface area (Å²) in [6.07, 6.45) is 1.41. The maximum absolute atomic E-state index is 6.19. The number of nitrogen functional groups attached to an aromatic ring is 1. The molecule has 0 atom stereocenters. The molecule has 0 aliphatic rings. The predicted molar refractivity (Wildman–Crippen MR) is 108 cm³/mol. The zero-order valence-electron chi connectivity index (χ0n) is 13.7. The quantitative estimate of drug-likeness (QED) is 0.460. The summed E-state index contributed by atoms with van der Waals surface area (Å²) in [7, 11) is 0. The summed E-state index contributed by atoms with van der Waals surface area (Å²) in [6.45, 7) is 2.04. The summed E-state index contributed by atoms with van der Waals surface area (Å²) >= 11 is 4.93. The molecule has 0 fully saturated rings. The molecule has 3 N–H and O–H groups in total. The SMILES string of the molecule is Cc1cccc2sc(Nc3ncnc(Oc4ccc(Br)cc4)c3N)nc12. The number of benzene rings is 2. The Morgan fingerprint density at radius 2 is 1.92 bits per heavy atom. The second-order valence-corrected chi connectivity index (χ2v) is 7.51. The third kappa shape index (κ3) is 3.33. The van der Waals surface area contributed by atoms with Crippen LogP contribution in [0, 0.1) is 6.92 Å². The van der Waals surface area contributed by atoms with Crippen LogP contribution >= 0.6 is 27.3 Å². The molecule has 130 valence electrons. The average Bonchev–Trinajstić information content (AvgIpc) is 3.04. The number of halogens is 1. The number of nitrogens with zero attached hydrogens (tertiary/aromatic N) is 3. The molecule has 0 aliphatic heterocycles. The van der Waals surface area contributed by atoms with Crippen molar-refractivity contribution in [2.24, 2.45) is 0 Å². The van der Waals surface area contributed by atoms with Gasteiger partial charge in [-0.1, -0.05) is 39.4 Å². The fourth-order valence-corrected chi connectivity index (χ4v) is 3.62. The molecule has 2 aromatic carbocycles. The number of anilines is 3. The number of aryl methyl sites for hydroxylation is 1. The van der Waals surface area contributed by atoms with E-state index < -0.39 is 0 Å². The van der Waals surface area contributed by atoms with Crippen LogP contribution in [0.1, 0.15) is 5.56 Å². The summed E-state index contributed by atoms with van der Waals surface area (Å²) in [4.78, 5) is 13.0. The Kier molecular flexibility index (Phi) is 4.44. The first-order valence-electron chi connectivity index (χ1n) is 7.77. The third-order valence-electron chi connectivity index (χ3n) is 3.72. The Labute approximate surface area is 162 Å². The summed E-state index contributed by atoms with van der Waals surface area (Å²) in [5.74, 6) is 1.39. The number of hydrogen-bond acceptors (Lipinski definition) is 7. The molecule has 0 unspecified atom stereocenters. The minimum atomic E-state index is 0.294. The molecule has 0 aliphatic carbocycles. The minimum Gasteiger partial charge on any atom is -0.437 e. The highest BCUT2D eigenvalue weighted by Crippen LogP contribution is 2.34. The lowest BCUT2D eigenvalue weighted by atomic mass is 10.2. The lowest BCUT2D eigenvalue weighted by Crippen LogP contribution is -2.02. The van der Waals surface area contributed by atoms with E-state index in [1.807, 2.05) is 49.4 Å². The van der Waals surface area contributed by atoms with Gasteiger partial charge in [0.2, 0.25) is 5.88 Å². The van der Waals surface area contributed by atoms with Crippen molar-refractivity contribution < 1.29 is 4.74 Å². The first kappa shape index (κ1) is 16.7. The van der Waals surface area contributed by atoms with E-state index in [9.17, 15) is 0 Å². The lowest BCUT2D eigenvalue weighted by molar-refractivity contribution is 0.464. The predicted octanol–water partition coefficient (Wildman–Crippen LogP) is 5.28. The highest BCUT2D eigenvalue weighted by Gasteiger charge is 2.13. The number of hydrogen-bond donors (Lipinski definition) is 2. The second-order valence-electron chi connectivity index (χ2n) is 5.56.